The molecule has 0 spiro atoms. The van der Waals surface area contributed by atoms with Crippen molar-refractivity contribution in [3.05, 3.63) is 27.8 Å². The van der Waals surface area contributed by atoms with E-state index in [1.54, 1.807) is 6.07 Å². The standard InChI is InChI=1S/C9H10IN3O2/c10-6-2-1-3-7(4-6)13-8(14)5-12-9(11)15/h1-4H,5H2,(H,13,14)(H3,11,12,15). The fraction of sp³-hybridized carbons (Fsp3) is 0.111. The lowest BCUT2D eigenvalue weighted by atomic mass is 10.3. The van der Waals surface area contributed by atoms with Gasteiger partial charge in [0.25, 0.3) is 0 Å². The van der Waals surface area contributed by atoms with Crippen LogP contribution in [-0.4, -0.2) is 18.5 Å². The van der Waals surface area contributed by atoms with Gasteiger partial charge in [0.05, 0.1) is 6.54 Å². The van der Waals surface area contributed by atoms with Crippen molar-refractivity contribution >= 4 is 40.2 Å². The molecule has 0 atom stereocenters. The third-order valence-corrected chi connectivity index (χ3v) is 2.20. The average Bonchev–Trinajstić information content (AvgIpc) is 2.15. The van der Waals surface area contributed by atoms with Crippen LogP contribution in [-0.2, 0) is 4.79 Å². The summed E-state index contributed by atoms with van der Waals surface area (Å²) in [5.74, 6) is -0.309. The Morgan fingerprint density at radius 3 is 2.73 bits per heavy atom. The number of hydrogen-bond acceptors (Lipinski definition) is 2. The van der Waals surface area contributed by atoms with E-state index in [1.807, 2.05) is 18.2 Å². The number of nitrogens with two attached hydrogens (primary N) is 1. The zero-order valence-corrected chi connectivity index (χ0v) is 9.95. The first-order chi connectivity index (χ1) is 7.08. The van der Waals surface area contributed by atoms with Crippen molar-refractivity contribution in [3.63, 3.8) is 0 Å². The highest BCUT2D eigenvalue weighted by atomic mass is 127. The Morgan fingerprint density at radius 2 is 2.13 bits per heavy atom. The van der Waals surface area contributed by atoms with Crippen LogP contribution in [0.4, 0.5) is 10.5 Å². The largest absolute Gasteiger partial charge is 0.352 e. The molecule has 0 aromatic heterocycles. The van der Waals surface area contributed by atoms with Gasteiger partial charge in [-0.1, -0.05) is 6.07 Å². The van der Waals surface area contributed by atoms with Crippen LogP contribution in [0.15, 0.2) is 24.3 Å². The molecule has 0 unspecified atom stereocenters. The highest BCUT2D eigenvalue weighted by molar-refractivity contribution is 14.1. The molecule has 5 nitrogen and oxygen atoms in total. The maximum atomic E-state index is 11.2. The van der Waals surface area contributed by atoms with E-state index in [2.05, 4.69) is 33.2 Å². The summed E-state index contributed by atoms with van der Waals surface area (Å²) in [6.07, 6.45) is 0. The molecule has 0 bridgehead atoms. The number of carbonyl (C=O) groups is 2. The fourth-order valence-corrected chi connectivity index (χ4v) is 1.48. The van der Waals surface area contributed by atoms with Crippen LogP contribution in [0.25, 0.3) is 0 Å². The number of halogens is 1. The maximum absolute atomic E-state index is 11.2. The molecule has 3 amide bonds. The minimum absolute atomic E-state index is 0.124. The summed E-state index contributed by atoms with van der Waals surface area (Å²) in [5, 5.41) is 4.83. The second kappa shape index (κ2) is 5.54. The van der Waals surface area contributed by atoms with E-state index in [0.717, 1.165) is 3.57 Å². The number of primary amides is 1. The molecule has 0 saturated carbocycles. The summed E-state index contributed by atoms with van der Waals surface area (Å²) in [6.45, 7) is -0.124. The van der Waals surface area contributed by atoms with Gasteiger partial charge in [-0.05, 0) is 40.8 Å². The number of nitrogens with one attached hydrogen (secondary N) is 2. The first-order valence-electron chi connectivity index (χ1n) is 4.16. The van der Waals surface area contributed by atoms with Crippen molar-refractivity contribution in [3.8, 4) is 0 Å². The molecule has 0 aliphatic rings. The minimum atomic E-state index is -0.715. The van der Waals surface area contributed by atoms with Crippen molar-refractivity contribution in [2.45, 2.75) is 0 Å². The molecule has 80 valence electrons. The summed E-state index contributed by atoms with van der Waals surface area (Å²) in [5.41, 5.74) is 5.52. The second-order valence-corrected chi connectivity index (χ2v) is 4.02. The lowest BCUT2D eigenvalue weighted by Gasteiger charge is -2.05. The number of carbonyl (C=O) groups excluding carboxylic acids is 2. The third kappa shape index (κ3) is 4.63. The molecular formula is C9H10IN3O2. The Morgan fingerprint density at radius 1 is 1.40 bits per heavy atom. The molecule has 1 aromatic rings. The van der Waals surface area contributed by atoms with Gasteiger partial charge in [0.1, 0.15) is 0 Å². The Kier molecular flexibility index (Phi) is 4.35. The summed E-state index contributed by atoms with van der Waals surface area (Å²) in [4.78, 5) is 21.6. The smallest absolute Gasteiger partial charge is 0.312 e. The average molecular weight is 319 g/mol. The Balaban J connectivity index is 2.48. The van der Waals surface area contributed by atoms with Gasteiger partial charge >= 0.3 is 6.03 Å². The van der Waals surface area contributed by atoms with Gasteiger partial charge < -0.3 is 16.4 Å². The monoisotopic (exact) mass is 319 g/mol. The molecule has 1 rings (SSSR count). The van der Waals surface area contributed by atoms with Gasteiger partial charge in [0.2, 0.25) is 5.91 Å². The van der Waals surface area contributed by atoms with E-state index in [1.165, 1.54) is 0 Å². The molecule has 0 saturated heterocycles. The van der Waals surface area contributed by atoms with Gasteiger partial charge in [-0.2, -0.15) is 0 Å². The SMILES string of the molecule is NC(=O)NCC(=O)Nc1cccc(I)c1. The van der Waals surface area contributed by atoms with Gasteiger partial charge in [0, 0.05) is 9.26 Å². The third-order valence-electron chi connectivity index (χ3n) is 1.53. The molecule has 0 heterocycles. The zero-order chi connectivity index (χ0) is 11.3. The molecular weight excluding hydrogens is 309 g/mol. The van der Waals surface area contributed by atoms with Crippen LogP contribution < -0.4 is 16.4 Å². The highest BCUT2D eigenvalue weighted by Gasteiger charge is 2.02. The van der Waals surface area contributed by atoms with E-state index < -0.39 is 6.03 Å². The zero-order valence-electron chi connectivity index (χ0n) is 7.79. The van der Waals surface area contributed by atoms with Gasteiger partial charge in [-0.25, -0.2) is 4.79 Å². The normalized spacial score (nSPS) is 9.40. The number of amides is 3. The van der Waals surface area contributed by atoms with Crippen molar-refractivity contribution in [2.24, 2.45) is 5.73 Å². The van der Waals surface area contributed by atoms with Crippen molar-refractivity contribution in [2.75, 3.05) is 11.9 Å². The Hall–Kier alpha value is -1.31. The summed E-state index contributed by atoms with van der Waals surface area (Å²) in [7, 11) is 0. The van der Waals surface area contributed by atoms with Crippen LogP contribution in [0.3, 0.4) is 0 Å². The van der Waals surface area contributed by atoms with E-state index in [-0.39, 0.29) is 12.5 Å². The van der Waals surface area contributed by atoms with Gasteiger partial charge in [-0.15, -0.1) is 0 Å². The fourth-order valence-electron chi connectivity index (χ4n) is 0.939. The molecule has 4 N–H and O–H groups in total. The van der Waals surface area contributed by atoms with E-state index in [4.69, 9.17) is 5.73 Å². The minimum Gasteiger partial charge on any atom is -0.352 e. The Labute approximate surface area is 101 Å². The predicted octanol–water partition coefficient (Wildman–Crippen LogP) is 0.898. The number of hydrogen-bond donors (Lipinski definition) is 3. The molecule has 0 aliphatic heterocycles. The molecule has 0 radical (unpaired) electrons. The second-order valence-electron chi connectivity index (χ2n) is 2.78. The maximum Gasteiger partial charge on any atom is 0.312 e. The van der Waals surface area contributed by atoms with Gasteiger partial charge in [-0.3, -0.25) is 4.79 Å². The predicted molar refractivity (Wildman–Crippen MR) is 65.4 cm³/mol. The summed E-state index contributed by atoms with van der Waals surface area (Å²) >= 11 is 2.14. The lowest BCUT2D eigenvalue weighted by Crippen LogP contribution is -2.36. The van der Waals surface area contributed by atoms with Crippen molar-refractivity contribution in [1.29, 1.82) is 0 Å². The topological polar surface area (TPSA) is 84.2 Å². The van der Waals surface area contributed by atoms with E-state index in [0.29, 0.717) is 5.69 Å². The van der Waals surface area contributed by atoms with Crippen molar-refractivity contribution < 1.29 is 9.59 Å². The number of rotatable bonds is 3. The van der Waals surface area contributed by atoms with Crippen LogP contribution in [0, 0.1) is 3.57 Å². The van der Waals surface area contributed by atoms with Crippen LogP contribution in [0.5, 0.6) is 0 Å². The van der Waals surface area contributed by atoms with Crippen LogP contribution in [0.2, 0.25) is 0 Å². The number of benzene rings is 1. The van der Waals surface area contributed by atoms with Crippen LogP contribution >= 0.6 is 22.6 Å². The van der Waals surface area contributed by atoms with E-state index in [9.17, 15) is 9.59 Å². The quantitative estimate of drug-likeness (QED) is 0.723. The van der Waals surface area contributed by atoms with Crippen molar-refractivity contribution in [1.82, 2.24) is 5.32 Å². The summed E-state index contributed by atoms with van der Waals surface area (Å²) < 4.78 is 1.02. The van der Waals surface area contributed by atoms with Crippen LogP contribution in [0.1, 0.15) is 0 Å². The summed E-state index contributed by atoms with van der Waals surface area (Å²) in [6, 6.07) is 6.62. The molecule has 15 heavy (non-hydrogen) atoms. The first-order valence-corrected chi connectivity index (χ1v) is 5.24. The number of anilines is 1. The Bertz CT molecular complexity index is 381. The number of urea groups is 1. The molecule has 0 fully saturated rings. The lowest BCUT2D eigenvalue weighted by molar-refractivity contribution is -0.115. The van der Waals surface area contributed by atoms with Gasteiger partial charge in [0.15, 0.2) is 0 Å². The molecule has 6 heteroatoms. The molecule has 0 aliphatic carbocycles. The first kappa shape index (κ1) is 11.8. The van der Waals surface area contributed by atoms with E-state index >= 15 is 0 Å². The molecule has 1 aromatic carbocycles. The highest BCUT2D eigenvalue weighted by Crippen LogP contribution is 2.11.